The maximum absolute atomic E-state index is 4.05. The molecule has 20 heavy (non-hydrogen) atoms. The number of nitrogens with one attached hydrogen (secondary N) is 1. The molecule has 0 atom stereocenters. The van der Waals surface area contributed by atoms with Gasteiger partial charge in [0.1, 0.15) is 0 Å². The molecule has 1 N–H and O–H groups in total. The molecule has 0 aliphatic carbocycles. The molecule has 0 fully saturated rings. The molecule has 1 heterocycles. The third-order valence-corrected chi connectivity index (χ3v) is 3.68. The molecular formula is C17H13BrN2. The van der Waals surface area contributed by atoms with Crippen LogP contribution in [0.25, 0.3) is 11.1 Å². The van der Waals surface area contributed by atoms with E-state index in [1.165, 1.54) is 11.1 Å². The Bertz CT molecular complexity index is 694. The van der Waals surface area contributed by atoms with Crippen molar-refractivity contribution in [1.29, 1.82) is 0 Å². The number of hydrogen-bond donors (Lipinski definition) is 1. The normalized spacial score (nSPS) is 10.2. The number of rotatable bonds is 3. The molecule has 3 heteroatoms. The van der Waals surface area contributed by atoms with Crippen LogP contribution in [0.3, 0.4) is 0 Å². The lowest BCUT2D eigenvalue weighted by Gasteiger charge is -2.09. The molecule has 0 saturated carbocycles. The number of hydrogen-bond acceptors (Lipinski definition) is 2. The van der Waals surface area contributed by atoms with E-state index in [9.17, 15) is 0 Å². The summed E-state index contributed by atoms with van der Waals surface area (Å²) < 4.78 is 0.951. The van der Waals surface area contributed by atoms with Crippen LogP contribution in [-0.2, 0) is 0 Å². The summed E-state index contributed by atoms with van der Waals surface area (Å²) in [7, 11) is 0. The Labute approximate surface area is 126 Å². The van der Waals surface area contributed by atoms with Crippen LogP contribution >= 0.6 is 15.9 Å². The zero-order valence-corrected chi connectivity index (χ0v) is 12.3. The van der Waals surface area contributed by atoms with Gasteiger partial charge < -0.3 is 5.32 Å². The van der Waals surface area contributed by atoms with Gasteiger partial charge in [0.25, 0.3) is 0 Å². The fourth-order valence-electron chi connectivity index (χ4n) is 2.01. The Kier molecular flexibility index (Phi) is 3.79. The van der Waals surface area contributed by atoms with Crippen molar-refractivity contribution in [2.24, 2.45) is 0 Å². The maximum atomic E-state index is 4.05. The fraction of sp³-hybridized carbons (Fsp3) is 0. The van der Waals surface area contributed by atoms with Crippen molar-refractivity contribution in [1.82, 2.24) is 4.98 Å². The van der Waals surface area contributed by atoms with E-state index < -0.39 is 0 Å². The van der Waals surface area contributed by atoms with Crippen molar-refractivity contribution >= 4 is 27.3 Å². The predicted molar refractivity (Wildman–Crippen MR) is 87.1 cm³/mol. The van der Waals surface area contributed by atoms with E-state index >= 15 is 0 Å². The minimum Gasteiger partial charge on any atom is -0.355 e. The van der Waals surface area contributed by atoms with Gasteiger partial charge in [-0.3, -0.25) is 4.98 Å². The first-order chi connectivity index (χ1) is 9.83. The zero-order valence-electron chi connectivity index (χ0n) is 10.8. The van der Waals surface area contributed by atoms with Gasteiger partial charge in [-0.05, 0) is 45.3 Å². The summed E-state index contributed by atoms with van der Waals surface area (Å²) in [6.45, 7) is 0. The summed E-state index contributed by atoms with van der Waals surface area (Å²) in [5.74, 6) is 0. The quantitative estimate of drug-likeness (QED) is 0.711. The van der Waals surface area contributed by atoms with Crippen molar-refractivity contribution in [2.75, 3.05) is 5.32 Å². The van der Waals surface area contributed by atoms with E-state index in [4.69, 9.17) is 0 Å². The van der Waals surface area contributed by atoms with E-state index in [1.807, 2.05) is 12.1 Å². The van der Waals surface area contributed by atoms with Crippen molar-refractivity contribution in [2.45, 2.75) is 0 Å². The second kappa shape index (κ2) is 5.88. The summed E-state index contributed by atoms with van der Waals surface area (Å²) in [5.41, 5.74) is 4.50. The van der Waals surface area contributed by atoms with Gasteiger partial charge in [0.2, 0.25) is 0 Å². The second-order valence-electron chi connectivity index (χ2n) is 4.42. The molecule has 0 amide bonds. The molecule has 2 nitrogen and oxygen atoms in total. The maximum Gasteiger partial charge on any atom is 0.0593 e. The first-order valence-electron chi connectivity index (χ1n) is 6.35. The number of aromatic nitrogens is 1. The predicted octanol–water partition coefficient (Wildman–Crippen LogP) is 5.25. The highest BCUT2D eigenvalue weighted by Crippen LogP contribution is 2.26. The Morgan fingerprint density at radius 3 is 2.20 bits per heavy atom. The van der Waals surface area contributed by atoms with Gasteiger partial charge in [0.05, 0.1) is 10.2 Å². The molecule has 1 aromatic heterocycles. The summed E-state index contributed by atoms with van der Waals surface area (Å²) in [4.78, 5) is 4.05. The Morgan fingerprint density at radius 2 is 1.50 bits per heavy atom. The Morgan fingerprint density at radius 1 is 0.800 bits per heavy atom. The highest BCUT2D eigenvalue weighted by Gasteiger charge is 2.00. The summed E-state index contributed by atoms with van der Waals surface area (Å²) >= 11 is 3.48. The summed E-state index contributed by atoms with van der Waals surface area (Å²) in [6, 6.07) is 20.7. The molecule has 0 spiro atoms. The second-order valence-corrected chi connectivity index (χ2v) is 5.28. The van der Waals surface area contributed by atoms with Crippen LogP contribution in [0, 0.1) is 0 Å². The topological polar surface area (TPSA) is 24.9 Å². The summed E-state index contributed by atoms with van der Waals surface area (Å²) in [6.07, 6.45) is 3.55. The van der Waals surface area contributed by atoms with Crippen LogP contribution in [0.4, 0.5) is 11.4 Å². The average Bonchev–Trinajstić information content (AvgIpc) is 2.51. The molecular weight excluding hydrogens is 312 g/mol. The minimum atomic E-state index is 0.951. The van der Waals surface area contributed by atoms with E-state index in [-0.39, 0.29) is 0 Å². The molecule has 3 rings (SSSR count). The smallest absolute Gasteiger partial charge is 0.0593 e. The zero-order chi connectivity index (χ0) is 13.8. The molecule has 0 aliphatic heterocycles. The highest BCUT2D eigenvalue weighted by molar-refractivity contribution is 9.10. The van der Waals surface area contributed by atoms with Gasteiger partial charge in [0.15, 0.2) is 0 Å². The van der Waals surface area contributed by atoms with Gasteiger partial charge in [-0.25, -0.2) is 0 Å². The lowest BCUT2D eigenvalue weighted by Crippen LogP contribution is -1.91. The molecule has 0 radical (unpaired) electrons. The average molecular weight is 325 g/mol. The van der Waals surface area contributed by atoms with Crippen LogP contribution < -0.4 is 5.32 Å². The molecule has 0 unspecified atom stereocenters. The SMILES string of the molecule is Brc1cnccc1Nc1ccc(-c2ccccc2)cc1. The number of nitrogens with zero attached hydrogens (tertiary/aromatic N) is 1. The summed E-state index contributed by atoms with van der Waals surface area (Å²) in [5, 5.41) is 3.36. The fourth-order valence-corrected chi connectivity index (χ4v) is 2.36. The third kappa shape index (κ3) is 2.89. The molecule has 0 saturated heterocycles. The van der Waals surface area contributed by atoms with Crippen molar-refractivity contribution in [3.63, 3.8) is 0 Å². The van der Waals surface area contributed by atoms with Crippen LogP contribution in [0.15, 0.2) is 77.5 Å². The largest absolute Gasteiger partial charge is 0.355 e. The Balaban J connectivity index is 1.82. The minimum absolute atomic E-state index is 0.951. The van der Waals surface area contributed by atoms with Crippen molar-refractivity contribution in [3.8, 4) is 11.1 Å². The van der Waals surface area contributed by atoms with Crippen molar-refractivity contribution in [3.05, 3.63) is 77.5 Å². The van der Waals surface area contributed by atoms with Crippen LogP contribution in [0.5, 0.6) is 0 Å². The van der Waals surface area contributed by atoms with E-state index in [0.717, 1.165) is 15.8 Å². The third-order valence-electron chi connectivity index (χ3n) is 3.04. The number of benzene rings is 2. The molecule has 0 bridgehead atoms. The lowest BCUT2D eigenvalue weighted by atomic mass is 10.1. The lowest BCUT2D eigenvalue weighted by molar-refractivity contribution is 1.30. The number of anilines is 2. The first kappa shape index (κ1) is 12.9. The molecule has 98 valence electrons. The van der Waals surface area contributed by atoms with Crippen LogP contribution in [-0.4, -0.2) is 4.98 Å². The van der Waals surface area contributed by atoms with Gasteiger partial charge in [-0.1, -0.05) is 42.5 Å². The van der Waals surface area contributed by atoms with E-state index in [2.05, 4.69) is 74.8 Å². The van der Waals surface area contributed by atoms with E-state index in [1.54, 1.807) is 12.4 Å². The van der Waals surface area contributed by atoms with Gasteiger partial charge in [-0.15, -0.1) is 0 Å². The van der Waals surface area contributed by atoms with Gasteiger partial charge >= 0.3 is 0 Å². The standard InChI is InChI=1S/C17H13BrN2/c18-16-12-19-11-10-17(16)20-15-8-6-14(7-9-15)13-4-2-1-3-5-13/h1-12H,(H,19,20). The molecule has 3 aromatic rings. The van der Waals surface area contributed by atoms with Gasteiger partial charge in [0, 0.05) is 18.1 Å². The van der Waals surface area contributed by atoms with Crippen LogP contribution in [0.2, 0.25) is 0 Å². The van der Waals surface area contributed by atoms with Gasteiger partial charge in [-0.2, -0.15) is 0 Å². The monoisotopic (exact) mass is 324 g/mol. The number of halogens is 1. The first-order valence-corrected chi connectivity index (χ1v) is 7.14. The highest BCUT2D eigenvalue weighted by atomic mass is 79.9. The Hall–Kier alpha value is -2.13. The van der Waals surface area contributed by atoms with Crippen molar-refractivity contribution < 1.29 is 0 Å². The van der Waals surface area contributed by atoms with Crippen LogP contribution in [0.1, 0.15) is 0 Å². The van der Waals surface area contributed by atoms with E-state index in [0.29, 0.717) is 0 Å². The number of pyridine rings is 1. The molecule has 2 aromatic carbocycles. The molecule has 0 aliphatic rings.